The van der Waals surface area contributed by atoms with Crippen molar-refractivity contribution in [3.8, 4) is 0 Å². The second-order valence-electron chi connectivity index (χ2n) is 4.67. The average Bonchev–Trinajstić information content (AvgIpc) is 2.63. The van der Waals surface area contributed by atoms with Crippen LogP contribution in [0.1, 0.15) is 49.1 Å². The molecule has 1 heterocycles. The number of unbranched alkanes of at least 4 members (excludes halogenated alkanes) is 1. The van der Waals surface area contributed by atoms with Crippen LogP contribution >= 0.6 is 11.3 Å². The van der Waals surface area contributed by atoms with Crippen molar-refractivity contribution >= 4 is 21.4 Å². The lowest BCUT2D eigenvalue weighted by atomic mass is 10.0. The fourth-order valence-electron chi connectivity index (χ4n) is 2.18. The van der Waals surface area contributed by atoms with Crippen LogP contribution in [0, 0.1) is 6.92 Å². The van der Waals surface area contributed by atoms with Gasteiger partial charge < -0.3 is 0 Å². The Labute approximate surface area is 120 Å². The zero-order valence-electron chi connectivity index (χ0n) is 11.9. The van der Waals surface area contributed by atoms with Gasteiger partial charge in [-0.25, -0.2) is 13.6 Å². The summed E-state index contributed by atoms with van der Waals surface area (Å²) < 4.78 is 23.5. The van der Waals surface area contributed by atoms with Gasteiger partial charge in [0, 0.05) is 4.88 Å². The summed E-state index contributed by atoms with van der Waals surface area (Å²) in [6, 6.07) is 0. The monoisotopic (exact) mass is 301 g/mol. The molecule has 0 saturated carbocycles. The lowest BCUT2D eigenvalue weighted by molar-refractivity contribution is 0.599. The number of hydrogen-bond donors (Lipinski definition) is 1. The molecule has 0 aromatic carbocycles. The zero-order valence-corrected chi connectivity index (χ0v) is 13.5. The fourth-order valence-corrected chi connectivity index (χ4v) is 4.62. The number of hydrogen-bond acceptors (Lipinski definition) is 3. The van der Waals surface area contributed by atoms with Crippen LogP contribution in [-0.2, 0) is 22.9 Å². The molecule has 0 amide bonds. The Hall–Kier alpha value is -0.650. The molecule has 0 spiro atoms. The highest BCUT2D eigenvalue weighted by atomic mass is 32.2. The first-order valence-corrected chi connectivity index (χ1v) is 9.03. The van der Waals surface area contributed by atoms with Crippen LogP contribution < -0.4 is 5.14 Å². The summed E-state index contributed by atoms with van der Waals surface area (Å²) in [6.45, 7) is 5.99. The molecule has 108 valence electrons. The lowest BCUT2D eigenvalue weighted by Crippen LogP contribution is -2.11. The Morgan fingerprint density at radius 2 is 2.00 bits per heavy atom. The summed E-state index contributed by atoms with van der Waals surface area (Å²) in [5, 5.41) is 5.28. The molecular weight excluding hydrogens is 278 g/mol. The number of thiophene rings is 1. The third kappa shape index (κ3) is 4.44. The Bertz CT molecular complexity index is 542. The fraction of sp³-hybridized carbons (Fsp3) is 0.571. The lowest BCUT2D eigenvalue weighted by Gasteiger charge is -2.03. The maximum Gasteiger partial charge on any atom is 0.247 e. The van der Waals surface area contributed by atoms with Crippen molar-refractivity contribution in [2.75, 3.05) is 0 Å². The molecule has 0 atom stereocenters. The molecule has 3 nitrogen and oxygen atoms in total. The van der Waals surface area contributed by atoms with Gasteiger partial charge in [0.15, 0.2) is 0 Å². The molecular formula is C14H23NO2S2. The van der Waals surface area contributed by atoms with Crippen LogP contribution in [0.4, 0.5) is 0 Å². The first-order chi connectivity index (χ1) is 8.91. The molecule has 1 aromatic rings. The second kappa shape index (κ2) is 7.22. The van der Waals surface area contributed by atoms with Crippen LogP contribution in [-0.4, -0.2) is 8.42 Å². The Morgan fingerprint density at radius 3 is 2.53 bits per heavy atom. The van der Waals surface area contributed by atoms with E-state index in [1.54, 1.807) is 0 Å². The topological polar surface area (TPSA) is 60.2 Å². The van der Waals surface area contributed by atoms with Crippen LogP contribution in [0.2, 0.25) is 0 Å². The maximum atomic E-state index is 11.6. The van der Waals surface area contributed by atoms with Crippen molar-refractivity contribution in [1.29, 1.82) is 0 Å². The minimum absolute atomic E-state index is 0.344. The minimum Gasteiger partial charge on any atom is -0.224 e. The van der Waals surface area contributed by atoms with Crippen LogP contribution in [0.3, 0.4) is 0 Å². The maximum absolute atomic E-state index is 11.6. The number of nitrogens with two attached hydrogens (primary N) is 1. The number of sulfonamides is 1. The van der Waals surface area contributed by atoms with Gasteiger partial charge in [-0.3, -0.25) is 0 Å². The van der Waals surface area contributed by atoms with E-state index in [1.807, 2.05) is 19.9 Å². The van der Waals surface area contributed by atoms with E-state index in [9.17, 15) is 8.42 Å². The van der Waals surface area contributed by atoms with Crippen molar-refractivity contribution < 1.29 is 8.42 Å². The smallest absolute Gasteiger partial charge is 0.224 e. The Morgan fingerprint density at radius 1 is 1.32 bits per heavy atom. The van der Waals surface area contributed by atoms with Crippen molar-refractivity contribution in [2.24, 2.45) is 5.14 Å². The van der Waals surface area contributed by atoms with Gasteiger partial charge >= 0.3 is 0 Å². The Kier molecular flexibility index (Phi) is 6.23. The van der Waals surface area contributed by atoms with E-state index in [0.29, 0.717) is 4.21 Å². The van der Waals surface area contributed by atoms with E-state index in [4.69, 9.17) is 5.14 Å². The molecule has 1 rings (SSSR count). The molecule has 0 bridgehead atoms. The third-order valence-corrected chi connectivity index (χ3v) is 6.04. The first-order valence-electron chi connectivity index (χ1n) is 6.66. The molecule has 0 aliphatic heterocycles. The molecule has 5 heteroatoms. The van der Waals surface area contributed by atoms with Gasteiger partial charge in [-0.2, -0.15) is 0 Å². The van der Waals surface area contributed by atoms with Crippen LogP contribution in [0.5, 0.6) is 0 Å². The predicted octanol–water partition coefficient (Wildman–Crippen LogP) is 3.56. The van der Waals surface area contributed by atoms with E-state index in [1.165, 1.54) is 21.8 Å². The van der Waals surface area contributed by atoms with Gasteiger partial charge in [-0.15, -0.1) is 11.3 Å². The van der Waals surface area contributed by atoms with Gasteiger partial charge in [0.05, 0.1) is 0 Å². The highest BCUT2D eigenvalue weighted by Gasteiger charge is 2.20. The molecule has 19 heavy (non-hydrogen) atoms. The SMILES string of the molecule is C/C=C/CCCc1sc(S(N)(=O)=O)c(C)c1CCC. The zero-order chi connectivity index (χ0) is 14.5. The van der Waals surface area contributed by atoms with Crippen molar-refractivity contribution in [3.63, 3.8) is 0 Å². The summed E-state index contributed by atoms with van der Waals surface area (Å²) in [4.78, 5) is 1.19. The number of rotatable bonds is 7. The van der Waals surface area contributed by atoms with E-state index < -0.39 is 10.0 Å². The van der Waals surface area contributed by atoms with Gasteiger partial charge in [0.1, 0.15) is 4.21 Å². The number of allylic oxidation sites excluding steroid dienone is 2. The van der Waals surface area contributed by atoms with Gasteiger partial charge in [0.2, 0.25) is 10.0 Å². The molecule has 1 aromatic heterocycles. The van der Waals surface area contributed by atoms with Crippen LogP contribution in [0.25, 0.3) is 0 Å². The molecule has 2 N–H and O–H groups in total. The van der Waals surface area contributed by atoms with E-state index in [-0.39, 0.29) is 0 Å². The summed E-state index contributed by atoms with van der Waals surface area (Å²) in [6.07, 6.45) is 9.14. The summed E-state index contributed by atoms with van der Waals surface area (Å²) in [5.74, 6) is 0. The van der Waals surface area contributed by atoms with E-state index in [2.05, 4.69) is 13.0 Å². The molecule has 0 unspecified atom stereocenters. The normalized spacial score (nSPS) is 12.4. The van der Waals surface area contributed by atoms with E-state index in [0.717, 1.165) is 37.7 Å². The summed E-state index contributed by atoms with van der Waals surface area (Å²) in [5.41, 5.74) is 2.05. The largest absolute Gasteiger partial charge is 0.247 e. The minimum atomic E-state index is -3.58. The van der Waals surface area contributed by atoms with E-state index >= 15 is 0 Å². The third-order valence-electron chi connectivity index (χ3n) is 3.08. The van der Waals surface area contributed by atoms with Crippen molar-refractivity contribution in [2.45, 2.75) is 57.1 Å². The summed E-state index contributed by atoms with van der Waals surface area (Å²) in [7, 11) is -3.58. The molecule has 0 aliphatic rings. The second-order valence-corrected chi connectivity index (χ2v) is 7.53. The molecule has 0 fully saturated rings. The number of primary sulfonamides is 1. The van der Waals surface area contributed by atoms with Gasteiger partial charge in [-0.1, -0.05) is 25.5 Å². The average molecular weight is 301 g/mol. The van der Waals surface area contributed by atoms with Crippen molar-refractivity contribution in [1.82, 2.24) is 0 Å². The first kappa shape index (κ1) is 16.4. The molecule has 0 aliphatic carbocycles. The quantitative estimate of drug-likeness (QED) is 0.618. The standard InChI is InChI=1S/C14H23NO2S2/c1-4-6-7-8-10-13-12(9-5-2)11(3)14(18-13)19(15,16)17/h4,6H,5,7-10H2,1-3H3,(H2,15,16,17)/b6-4+. The summed E-state index contributed by atoms with van der Waals surface area (Å²) >= 11 is 1.35. The molecule has 0 radical (unpaired) electrons. The van der Waals surface area contributed by atoms with Crippen molar-refractivity contribution in [3.05, 3.63) is 28.2 Å². The highest BCUT2D eigenvalue weighted by Crippen LogP contribution is 2.33. The van der Waals surface area contributed by atoms with Crippen LogP contribution in [0.15, 0.2) is 16.4 Å². The highest BCUT2D eigenvalue weighted by molar-refractivity contribution is 7.91. The Balaban J connectivity index is 3.01. The predicted molar refractivity (Wildman–Crippen MR) is 82.2 cm³/mol. The van der Waals surface area contributed by atoms with Gasteiger partial charge in [-0.05, 0) is 50.7 Å². The number of aryl methyl sites for hydroxylation is 1. The molecule has 0 saturated heterocycles. The van der Waals surface area contributed by atoms with Gasteiger partial charge in [0.25, 0.3) is 0 Å².